The van der Waals surface area contributed by atoms with Crippen LogP contribution in [0.15, 0.2) is 0 Å². The van der Waals surface area contributed by atoms with Crippen molar-refractivity contribution in [2.24, 2.45) is 0 Å². The van der Waals surface area contributed by atoms with Crippen LogP contribution in [0.5, 0.6) is 0 Å². The number of alkyl halides is 14. The molecule has 0 heterocycles. The Bertz CT molecular complexity index is 591. The van der Waals surface area contributed by atoms with Gasteiger partial charge in [0.25, 0.3) is 0 Å². The fourth-order valence-corrected chi connectivity index (χ4v) is 2.26. The van der Waals surface area contributed by atoms with Crippen LogP contribution in [0.1, 0.15) is 39.0 Å². The van der Waals surface area contributed by atoms with Gasteiger partial charge in [-0.05, 0) is 6.42 Å². The Kier molecular flexibility index (Phi) is 9.72. The van der Waals surface area contributed by atoms with Crippen LogP contribution < -0.4 is 0 Å². The lowest BCUT2D eigenvalue weighted by Crippen LogP contribution is -2.73. The van der Waals surface area contributed by atoms with Gasteiger partial charge in [0.05, 0.1) is 6.61 Å². The number of ether oxygens (including phenoxy) is 1. The predicted molar refractivity (Wildman–Crippen MR) is 81.3 cm³/mol. The monoisotopic (exact) mass is 510 g/mol. The van der Waals surface area contributed by atoms with E-state index in [0.29, 0.717) is 12.8 Å². The molecule has 2 nitrogen and oxygen atoms in total. The van der Waals surface area contributed by atoms with Crippen LogP contribution in [0.4, 0.5) is 61.5 Å². The lowest BCUT2D eigenvalue weighted by Gasteiger charge is -2.42. The molecule has 0 atom stereocenters. The first-order valence-electron chi connectivity index (χ1n) is 8.95. The van der Waals surface area contributed by atoms with Crippen molar-refractivity contribution in [3.8, 4) is 0 Å². The van der Waals surface area contributed by atoms with Gasteiger partial charge in [-0.3, -0.25) is 0 Å². The second-order valence-electron chi connectivity index (χ2n) is 6.82. The molecule has 0 amide bonds. The molecule has 0 aliphatic heterocycles. The van der Waals surface area contributed by atoms with E-state index in [4.69, 9.17) is 5.11 Å². The molecule has 0 aliphatic carbocycles. The van der Waals surface area contributed by atoms with E-state index in [-0.39, 0.29) is 13.0 Å². The number of halogens is 14. The summed E-state index contributed by atoms with van der Waals surface area (Å²) >= 11 is 0. The van der Waals surface area contributed by atoms with Gasteiger partial charge < -0.3 is 9.84 Å². The maximum Gasteiger partial charge on any atom is 0.384 e. The van der Waals surface area contributed by atoms with Crippen LogP contribution in [0, 0.1) is 0 Å². The molecule has 0 saturated heterocycles. The molecule has 0 aromatic carbocycles. The summed E-state index contributed by atoms with van der Waals surface area (Å²) in [5, 5.41) is 8.16. The van der Waals surface area contributed by atoms with E-state index < -0.39 is 67.5 Å². The van der Waals surface area contributed by atoms with Gasteiger partial charge in [0.15, 0.2) is 0 Å². The zero-order chi connectivity index (χ0) is 25.9. The van der Waals surface area contributed by atoms with Crippen molar-refractivity contribution >= 4 is 0 Å². The highest BCUT2D eigenvalue weighted by molar-refractivity contribution is 5.14. The van der Waals surface area contributed by atoms with Crippen molar-refractivity contribution in [1.82, 2.24) is 0 Å². The van der Waals surface area contributed by atoms with Crippen molar-refractivity contribution in [3.05, 3.63) is 0 Å². The van der Waals surface area contributed by atoms with Crippen molar-refractivity contribution < 1.29 is 71.3 Å². The first-order chi connectivity index (χ1) is 14.1. The van der Waals surface area contributed by atoms with Crippen LogP contribution in [0.2, 0.25) is 0 Å². The summed E-state index contributed by atoms with van der Waals surface area (Å²) in [7, 11) is 0. The molecule has 0 saturated carbocycles. The van der Waals surface area contributed by atoms with E-state index in [0.717, 1.165) is 0 Å². The highest BCUT2D eigenvalue weighted by Crippen LogP contribution is 2.62. The second-order valence-corrected chi connectivity index (χ2v) is 6.82. The molecule has 0 aliphatic rings. The largest absolute Gasteiger partial charge is 0.396 e. The average molecular weight is 510 g/mol. The van der Waals surface area contributed by atoms with Crippen LogP contribution in [0.3, 0.4) is 0 Å². The molecule has 0 spiro atoms. The average Bonchev–Trinajstić information content (AvgIpc) is 2.63. The normalized spacial score (nSPS) is 15.4. The van der Waals surface area contributed by atoms with Gasteiger partial charge in [-0.15, -0.1) is 0 Å². The third kappa shape index (κ3) is 5.20. The molecular weight excluding hydrogens is 490 g/mol. The zero-order valence-electron chi connectivity index (χ0n) is 16.3. The van der Waals surface area contributed by atoms with E-state index in [2.05, 4.69) is 4.74 Å². The van der Waals surface area contributed by atoms with Gasteiger partial charge in [0.1, 0.15) is 0 Å². The van der Waals surface area contributed by atoms with E-state index in [9.17, 15) is 61.5 Å². The quantitative estimate of drug-likeness (QED) is 0.204. The smallest absolute Gasteiger partial charge is 0.384 e. The second kappa shape index (κ2) is 10.1. The number of unbranched alkanes of at least 4 members (excludes halogenated alkanes) is 2. The van der Waals surface area contributed by atoms with Crippen LogP contribution >= 0.6 is 0 Å². The van der Waals surface area contributed by atoms with Gasteiger partial charge in [0, 0.05) is 26.1 Å². The van der Waals surface area contributed by atoms with Gasteiger partial charge in [-0.25, -0.2) is 0 Å². The van der Waals surface area contributed by atoms with Crippen molar-refractivity contribution in [1.29, 1.82) is 0 Å². The maximum absolute atomic E-state index is 13.6. The number of aliphatic hydroxyl groups is 1. The number of hydrogen-bond donors (Lipinski definition) is 1. The third-order valence-electron chi connectivity index (χ3n) is 4.37. The van der Waals surface area contributed by atoms with Gasteiger partial charge >= 0.3 is 41.5 Å². The number of rotatable bonds is 15. The Morgan fingerprint density at radius 2 is 0.906 bits per heavy atom. The van der Waals surface area contributed by atoms with E-state index in [1.54, 1.807) is 6.92 Å². The molecule has 0 unspecified atom stereocenters. The molecular formula is C16H20F14O2. The minimum absolute atomic E-state index is 0.218. The van der Waals surface area contributed by atoms with E-state index in [1.165, 1.54) is 0 Å². The number of hydrogen-bond acceptors (Lipinski definition) is 2. The van der Waals surface area contributed by atoms with Crippen molar-refractivity contribution in [2.45, 2.75) is 80.5 Å². The molecule has 0 rings (SSSR count). The van der Waals surface area contributed by atoms with Gasteiger partial charge in [-0.2, -0.15) is 61.5 Å². The first kappa shape index (κ1) is 30.9. The Balaban J connectivity index is 5.95. The molecule has 0 fully saturated rings. The fraction of sp³-hybridized carbons (Fsp3) is 1.00. The highest BCUT2D eigenvalue weighted by Gasteiger charge is 2.92. The summed E-state index contributed by atoms with van der Waals surface area (Å²) in [5.41, 5.74) is 0. The van der Waals surface area contributed by atoms with E-state index >= 15 is 0 Å². The molecule has 194 valence electrons. The Hall–Kier alpha value is -1.06. The van der Waals surface area contributed by atoms with Gasteiger partial charge in [-0.1, -0.05) is 19.8 Å². The van der Waals surface area contributed by atoms with Crippen molar-refractivity contribution in [3.63, 3.8) is 0 Å². The molecule has 0 aromatic rings. The summed E-state index contributed by atoms with van der Waals surface area (Å²) < 4.78 is 193. The van der Waals surface area contributed by atoms with Crippen LogP contribution in [-0.4, -0.2) is 66.4 Å². The Morgan fingerprint density at radius 1 is 0.531 bits per heavy atom. The van der Waals surface area contributed by atoms with E-state index in [1.807, 2.05) is 0 Å². The fourth-order valence-electron chi connectivity index (χ4n) is 2.26. The first-order valence-corrected chi connectivity index (χ1v) is 8.95. The lowest BCUT2D eigenvalue weighted by atomic mass is 9.88. The summed E-state index contributed by atoms with van der Waals surface area (Å²) in [5.74, 6) is -51.3. The predicted octanol–water partition coefficient (Wildman–Crippen LogP) is 6.41. The number of aliphatic hydroxyl groups excluding tert-OH is 1. The molecule has 0 aromatic heterocycles. The highest BCUT2D eigenvalue weighted by atomic mass is 19.4. The molecule has 32 heavy (non-hydrogen) atoms. The maximum atomic E-state index is 13.6. The van der Waals surface area contributed by atoms with Crippen LogP contribution in [-0.2, 0) is 4.74 Å². The molecule has 16 heteroatoms. The molecule has 0 bridgehead atoms. The summed E-state index contributed by atoms with van der Waals surface area (Å²) in [6.45, 7) is -2.07. The third-order valence-corrected chi connectivity index (χ3v) is 4.37. The SMILES string of the molecule is CCCCCOCCC(F)(F)C(F)(F)C(F)(F)C(F)(F)C(F)(F)C(F)(F)C(F)(F)CCO. The summed E-state index contributed by atoms with van der Waals surface area (Å²) in [6, 6.07) is 0. The minimum Gasteiger partial charge on any atom is -0.396 e. The Morgan fingerprint density at radius 3 is 1.28 bits per heavy atom. The zero-order valence-corrected chi connectivity index (χ0v) is 16.3. The van der Waals surface area contributed by atoms with Gasteiger partial charge in [0.2, 0.25) is 0 Å². The molecule has 0 radical (unpaired) electrons. The Labute approximate surface area is 172 Å². The molecule has 1 N–H and O–H groups in total. The standard InChI is InChI=1S/C16H20F14O2/c1-2-3-4-8-32-9-6-11(19,20)13(23,24)15(27,28)16(29,30)14(25,26)12(21,22)10(17,18)5-7-31/h31H,2-9H2,1H3. The minimum atomic E-state index is -8.09. The van der Waals surface area contributed by atoms with Crippen LogP contribution in [0.25, 0.3) is 0 Å². The summed E-state index contributed by atoms with van der Waals surface area (Å²) in [6.07, 6.45) is -3.74. The topological polar surface area (TPSA) is 29.5 Å². The van der Waals surface area contributed by atoms with Crippen molar-refractivity contribution in [2.75, 3.05) is 19.8 Å². The lowest BCUT2D eigenvalue weighted by molar-refractivity contribution is -0.442. The summed E-state index contributed by atoms with van der Waals surface area (Å²) in [4.78, 5) is 0.